The summed E-state index contributed by atoms with van der Waals surface area (Å²) in [6.07, 6.45) is 2.05. The van der Waals surface area contributed by atoms with E-state index < -0.39 is 0 Å². The Bertz CT molecular complexity index is 461. The molecule has 0 radical (unpaired) electrons. The van der Waals surface area contributed by atoms with Gasteiger partial charge in [-0.1, -0.05) is 0 Å². The fraction of sp³-hybridized carbons (Fsp3) is 0.300. The Morgan fingerprint density at radius 1 is 1.56 bits per heavy atom. The lowest BCUT2D eigenvalue weighted by Crippen LogP contribution is -2.25. The molecule has 0 fully saturated rings. The van der Waals surface area contributed by atoms with E-state index in [1.807, 2.05) is 0 Å². The summed E-state index contributed by atoms with van der Waals surface area (Å²) in [7, 11) is 0. The van der Waals surface area contributed by atoms with E-state index in [9.17, 15) is 4.79 Å². The molecule has 6 heteroatoms. The second kappa shape index (κ2) is 4.61. The van der Waals surface area contributed by atoms with E-state index in [-0.39, 0.29) is 5.91 Å². The lowest BCUT2D eigenvalue weighted by Gasteiger charge is -2.00. The van der Waals surface area contributed by atoms with E-state index in [1.165, 1.54) is 6.33 Å². The van der Waals surface area contributed by atoms with Gasteiger partial charge in [-0.2, -0.15) is 5.10 Å². The molecular formula is C10H12N4O2. The first-order chi connectivity index (χ1) is 7.75. The Labute approximate surface area is 92.1 Å². The number of hydrogen-bond donors (Lipinski definition) is 2. The molecule has 0 aliphatic carbocycles. The fourth-order valence-corrected chi connectivity index (χ4v) is 1.29. The molecule has 0 aliphatic heterocycles. The summed E-state index contributed by atoms with van der Waals surface area (Å²) in [6.45, 7) is 2.29. The van der Waals surface area contributed by atoms with Crippen LogP contribution in [-0.4, -0.2) is 27.6 Å². The predicted molar refractivity (Wildman–Crippen MR) is 55.9 cm³/mol. The van der Waals surface area contributed by atoms with Crippen LogP contribution in [0.5, 0.6) is 0 Å². The maximum Gasteiger partial charge on any atom is 0.287 e. The SMILES string of the molecule is Cc1ccc(C(=O)NCCc2ncn[nH]2)o1. The lowest BCUT2D eigenvalue weighted by molar-refractivity contribution is 0.0925. The first-order valence-corrected chi connectivity index (χ1v) is 4.94. The Morgan fingerprint density at radius 3 is 3.06 bits per heavy atom. The normalized spacial score (nSPS) is 10.3. The summed E-state index contributed by atoms with van der Waals surface area (Å²) in [6, 6.07) is 3.41. The summed E-state index contributed by atoms with van der Waals surface area (Å²) < 4.78 is 5.19. The maximum absolute atomic E-state index is 11.5. The number of rotatable bonds is 4. The average molecular weight is 220 g/mol. The number of nitrogens with one attached hydrogen (secondary N) is 2. The highest BCUT2D eigenvalue weighted by atomic mass is 16.3. The third kappa shape index (κ3) is 2.47. The number of carbonyl (C=O) groups is 1. The third-order valence-electron chi connectivity index (χ3n) is 2.08. The number of furan rings is 1. The number of hydrogen-bond acceptors (Lipinski definition) is 4. The molecule has 16 heavy (non-hydrogen) atoms. The third-order valence-corrected chi connectivity index (χ3v) is 2.08. The number of H-pyrrole nitrogens is 1. The van der Waals surface area contributed by atoms with E-state index in [2.05, 4.69) is 20.5 Å². The molecule has 2 heterocycles. The second-order valence-electron chi connectivity index (χ2n) is 3.35. The molecule has 0 bridgehead atoms. The zero-order chi connectivity index (χ0) is 11.4. The van der Waals surface area contributed by atoms with Crippen LogP contribution in [0.3, 0.4) is 0 Å². The molecule has 0 saturated heterocycles. The van der Waals surface area contributed by atoms with Gasteiger partial charge in [0.25, 0.3) is 5.91 Å². The fourth-order valence-electron chi connectivity index (χ4n) is 1.29. The van der Waals surface area contributed by atoms with E-state index in [0.717, 1.165) is 11.6 Å². The van der Waals surface area contributed by atoms with Crippen molar-refractivity contribution in [3.63, 3.8) is 0 Å². The monoisotopic (exact) mass is 220 g/mol. The lowest BCUT2D eigenvalue weighted by atomic mass is 10.3. The average Bonchev–Trinajstić information content (AvgIpc) is 2.89. The molecule has 84 valence electrons. The Hall–Kier alpha value is -2.11. The quantitative estimate of drug-likeness (QED) is 0.793. The highest BCUT2D eigenvalue weighted by Gasteiger charge is 2.08. The summed E-state index contributed by atoms with van der Waals surface area (Å²) in [4.78, 5) is 15.5. The van der Waals surface area contributed by atoms with Gasteiger partial charge in [-0.05, 0) is 19.1 Å². The number of carbonyl (C=O) groups excluding carboxylic acids is 1. The first kappa shape index (κ1) is 10.4. The van der Waals surface area contributed by atoms with Gasteiger partial charge in [-0.25, -0.2) is 4.98 Å². The Morgan fingerprint density at radius 2 is 2.44 bits per heavy atom. The molecule has 2 aromatic rings. The van der Waals surface area contributed by atoms with Crippen LogP contribution >= 0.6 is 0 Å². The minimum absolute atomic E-state index is 0.215. The minimum Gasteiger partial charge on any atom is -0.456 e. The molecule has 2 aromatic heterocycles. The van der Waals surface area contributed by atoms with Gasteiger partial charge in [-0.3, -0.25) is 9.89 Å². The van der Waals surface area contributed by atoms with Gasteiger partial charge in [0.15, 0.2) is 5.76 Å². The van der Waals surface area contributed by atoms with Crippen LogP contribution < -0.4 is 5.32 Å². The number of aromatic amines is 1. The van der Waals surface area contributed by atoms with Crippen LogP contribution in [0, 0.1) is 6.92 Å². The van der Waals surface area contributed by atoms with Gasteiger partial charge in [0.05, 0.1) is 0 Å². The maximum atomic E-state index is 11.5. The Kier molecular flexibility index (Phi) is 3.00. The molecule has 1 amide bonds. The summed E-state index contributed by atoms with van der Waals surface area (Å²) >= 11 is 0. The summed E-state index contributed by atoms with van der Waals surface area (Å²) in [5, 5.41) is 9.16. The van der Waals surface area contributed by atoms with Crippen molar-refractivity contribution in [3.8, 4) is 0 Å². The van der Waals surface area contributed by atoms with Gasteiger partial charge in [0, 0.05) is 13.0 Å². The van der Waals surface area contributed by atoms with Crippen molar-refractivity contribution in [2.75, 3.05) is 6.54 Å². The molecule has 0 spiro atoms. The zero-order valence-electron chi connectivity index (χ0n) is 8.86. The number of nitrogens with zero attached hydrogens (tertiary/aromatic N) is 2. The highest BCUT2D eigenvalue weighted by Crippen LogP contribution is 2.05. The van der Waals surface area contributed by atoms with Crippen molar-refractivity contribution < 1.29 is 9.21 Å². The smallest absolute Gasteiger partial charge is 0.287 e. The van der Waals surface area contributed by atoms with Crippen LogP contribution in [0.15, 0.2) is 22.9 Å². The first-order valence-electron chi connectivity index (χ1n) is 4.94. The van der Waals surface area contributed by atoms with E-state index in [4.69, 9.17) is 4.42 Å². The molecule has 0 atom stereocenters. The van der Waals surface area contributed by atoms with Gasteiger partial charge < -0.3 is 9.73 Å². The standard InChI is InChI=1S/C10H12N4O2/c1-7-2-3-8(16-7)10(15)11-5-4-9-12-6-13-14-9/h2-3,6H,4-5H2,1H3,(H,11,15)(H,12,13,14). The largest absolute Gasteiger partial charge is 0.456 e. The van der Waals surface area contributed by atoms with Gasteiger partial charge in [0.2, 0.25) is 0 Å². The molecule has 0 aliphatic rings. The Balaban J connectivity index is 1.80. The van der Waals surface area contributed by atoms with Crippen LogP contribution in [0.2, 0.25) is 0 Å². The summed E-state index contributed by atoms with van der Waals surface area (Å²) in [5.41, 5.74) is 0. The van der Waals surface area contributed by atoms with Crippen LogP contribution in [-0.2, 0) is 6.42 Å². The molecule has 0 saturated carbocycles. The molecule has 0 aromatic carbocycles. The van der Waals surface area contributed by atoms with Crippen LogP contribution in [0.4, 0.5) is 0 Å². The van der Waals surface area contributed by atoms with Crippen molar-refractivity contribution in [2.45, 2.75) is 13.3 Å². The minimum atomic E-state index is -0.215. The molecule has 6 nitrogen and oxygen atoms in total. The molecule has 2 rings (SSSR count). The number of aryl methyl sites for hydroxylation is 1. The van der Waals surface area contributed by atoms with Crippen LogP contribution in [0.25, 0.3) is 0 Å². The van der Waals surface area contributed by atoms with Gasteiger partial charge >= 0.3 is 0 Å². The number of aromatic nitrogens is 3. The van der Waals surface area contributed by atoms with Gasteiger partial charge in [-0.15, -0.1) is 0 Å². The predicted octanol–water partition coefficient (Wildman–Crippen LogP) is 0.679. The zero-order valence-corrected chi connectivity index (χ0v) is 8.86. The van der Waals surface area contributed by atoms with Crippen molar-refractivity contribution in [1.82, 2.24) is 20.5 Å². The van der Waals surface area contributed by atoms with E-state index in [1.54, 1.807) is 19.1 Å². The molecule has 2 N–H and O–H groups in total. The van der Waals surface area contributed by atoms with Crippen molar-refractivity contribution in [3.05, 3.63) is 35.8 Å². The summed E-state index contributed by atoms with van der Waals surface area (Å²) in [5.74, 6) is 1.58. The van der Waals surface area contributed by atoms with Crippen molar-refractivity contribution in [2.24, 2.45) is 0 Å². The van der Waals surface area contributed by atoms with E-state index in [0.29, 0.717) is 18.7 Å². The van der Waals surface area contributed by atoms with E-state index >= 15 is 0 Å². The van der Waals surface area contributed by atoms with Crippen molar-refractivity contribution >= 4 is 5.91 Å². The van der Waals surface area contributed by atoms with Gasteiger partial charge in [0.1, 0.15) is 17.9 Å². The van der Waals surface area contributed by atoms with Crippen LogP contribution in [0.1, 0.15) is 22.1 Å². The van der Waals surface area contributed by atoms with Crippen molar-refractivity contribution in [1.29, 1.82) is 0 Å². The topological polar surface area (TPSA) is 83.8 Å². The second-order valence-corrected chi connectivity index (χ2v) is 3.35. The molecule has 0 unspecified atom stereocenters. The highest BCUT2D eigenvalue weighted by molar-refractivity contribution is 5.91. The number of amides is 1. The molecular weight excluding hydrogens is 208 g/mol.